The van der Waals surface area contributed by atoms with Crippen LogP contribution in [0, 0.1) is 11.3 Å². The van der Waals surface area contributed by atoms with Crippen molar-refractivity contribution in [1.82, 2.24) is 0 Å². The molecule has 0 aliphatic carbocycles. The van der Waals surface area contributed by atoms with Gasteiger partial charge in [0.2, 0.25) is 0 Å². The van der Waals surface area contributed by atoms with Crippen LogP contribution in [0.1, 0.15) is 32.3 Å². The normalized spacial score (nSPS) is 23.7. The lowest BCUT2D eigenvalue weighted by Crippen LogP contribution is -2.34. The molecule has 0 radical (unpaired) electrons. The van der Waals surface area contributed by atoms with Crippen molar-refractivity contribution in [2.45, 2.75) is 31.6 Å². The highest BCUT2D eigenvalue weighted by molar-refractivity contribution is 7.91. The van der Waals surface area contributed by atoms with Crippen LogP contribution in [0.5, 0.6) is 0 Å². The molecule has 1 aliphatic rings. The zero-order chi connectivity index (χ0) is 13.6. The van der Waals surface area contributed by atoms with Crippen molar-refractivity contribution in [2.24, 2.45) is 17.1 Å². The Morgan fingerprint density at radius 1 is 1.33 bits per heavy atom. The molecule has 1 aromatic carbocycles. The van der Waals surface area contributed by atoms with Gasteiger partial charge in [0.1, 0.15) is 0 Å². The number of rotatable bonds is 2. The van der Waals surface area contributed by atoms with E-state index in [-0.39, 0.29) is 23.0 Å². The van der Waals surface area contributed by atoms with Gasteiger partial charge in [0, 0.05) is 5.92 Å². The van der Waals surface area contributed by atoms with Crippen LogP contribution in [0.3, 0.4) is 0 Å². The molecule has 0 bridgehead atoms. The highest BCUT2D eigenvalue weighted by Gasteiger charge is 2.42. The number of fused-ring (bicyclic) bond motifs is 1. The molecule has 2 unspecified atom stereocenters. The van der Waals surface area contributed by atoms with Gasteiger partial charge in [-0.1, -0.05) is 39.0 Å². The van der Waals surface area contributed by atoms with Gasteiger partial charge in [-0.25, -0.2) is 8.42 Å². The lowest BCUT2D eigenvalue weighted by Gasteiger charge is -2.34. The average Bonchev–Trinajstić information content (AvgIpc) is 2.51. The number of benzene rings is 1. The van der Waals surface area contributed by atoms with Crippen LogP contribution in [0.25, 0.3) is 0 Å². The summed E-state index contributed by atoms with van der Waals surface area (Å²) in [5, 5.41) is 0. The Labute approximate surface area is 109 Å². The first-order valence-corrected chi connectivity index (χ1v) is 7.94. The lowest BCUT2D eigenvalue weighted by molar-refractivity contribution is 0.217. The average molecular weight is 267 g/mol. The first kappa shape index (κ1) is 13.6. The second-order valence-electron chi connectivity index (χ2n) is 6.13. The van der Waals surface area contributed by atoms with Crippen LogP contribution in [-0.2, 0) is 9.84 Å². The minimum atomic E-state index is -3.13. The Morgan fingerprint density at radius 3 is 2.50 bits per heavy atom. The third-order valence-corrected chi connectivity index (χ3v) is 5.74. The summed E-state index contributed by atoms with van der Waals surface area (Å²) >= 11 is 0. The van der Waals surface area contributed by atoms with E-state index in [0.29, 0.717) is 11.4 Å². The maximum atomic E-state index is 12.2. The Kier molecular flexibility index (Phi) is 3.28. The second-order valence-corrected chi connectivity index (χ2v) is 8.14. The Morgan fingerprint density at radius 2 is 1.94 bits per heavy atom. The predicted octanol–water partition coefficient (Wildman–Crippen LogP) is 2.18. The largest absolute Gasteiger partial charge is 0.330 e. The van der Waals surface area contributed by atoms with Crippen LogP contribution < -0.4 is 5.73 Å². The van der Waals surface area contributed by atoms with Gasteiger partial charge >= 0.3 is 0 Å². The summed E-state index contributed by atoms with van der Waals surface area (Å²) in [7, 11) is -3.13. The topological polar surface area (TPSA) is 60.2 Å². The fourth-order valence-corrected chi connectivity index (χ4v) is 4.87. The van der Waals surface area contributed by atoms with Crippen molar-refractivity contribution in [3.63, 3.8) is 0 Å². The standard InChI is InChI=1S/C14H21NO2S/c1-14(2,3)12(8-15)11-9-18(16,17)13-7-5-4-6-10(11)13/h4-7,11-12H,8-9,15H2,1-3H3. The summed E-state index contributed by atoms with van der Waals surface area (Å²) in [4.78, 5) is 0.498. The number of hydrogen-bond donors (Lipinski definition) is 1. The molecule has 1 aromatic rings. The van der Waals surface area contributed by atoms with Gasteiger partial charge in [0.05, 0.1) is 10.6 Å². The van der Waals surface area contributed by atoms with Crippen molar-refractivity contribution in [3.05, 3.63) is 29.8 Å². The predicted molar refractivity (Wildman–Crippen MR) is 73.2 cm³/mol. The number of sulfone groups is 1. The van der Waals surface area contributed by atoms with Crippen LogP contribution in [0.4, 0.5) is 0 Å². The molecule has 18 heavy (non-hydrogen) atoms. The maximum Gasteiger partial charge on any atom is 0.179 e. The van der Waals surface area contributed by atoms with Gasteiger partial charge in [-0.3, -0.25) is 0 Å². The van der Waals surface area contributed by atoms with Crippen LogP contribution in [0.15, 0.2) is 29.2 Å². The zero-order valence-electron chi connectivity index (χ0n) is 11.2. The zero-order valence-corrected chi connectivity index (χ0v) is 12.0. The Hall–Kier alpha value is -0.870. The maximum absolute atomic E-state index is 12.2. The van der Waals surface area contributed by atoms with Gasteiger partial charge in [-0.05, 0) is 29.5 Å². The molecule has 0 saturated heterocycles. The second kappa shape index (κ2) is 4.35. The van der Waals surface area contributed by atoms with E-state index >= 15 is 0 Å². The van der Waals surface area contributed by atoms with E-state index in [2.05, 4.69) is 20.8 Å². The molecule has 0 amide bonds. The molecule has 1 aliphatic heterocycles. The minimum absolute atomic E-state index is 0.00634. The summed E-state index contributed by atoms with van der Waals surface area (Å²) in [5.74, 6) is 0.401. The highest BCUT2D eigenvalue weighted by Crippen LogP contribution is 2.44. The Bertz CT molecular complexity index is 543. The summed E-state index contributed by atoms with van der Waals surface area (Å²) in [6.07, 6.45) is 0. The fraction of sp³-hybridized carbons (Fsp3) is 0.571. The van der Waals surface area contributed by atoms with Crippen LogP contribution >= 0.6 is 0 Å². The van der Waals surface area contributed by atoms with E-state index in [9.17, 15) is 8.42 Å². The molecule has 2 N–H and O–H groups in total. The fourth-order valence-electron chi connectivity index (χ4n) is 2.94. The van der Waals surface area contributed by atoms with Gasteiger partial charge in [0.15, 0.2) is 9.84 Å². The summed E-state index contributed by atoms with van der Waals surface area (Å²) in [5.41, 5.74) is 6.84. The SMILES string of the molecule is CC(C)(C)C(CN)C1CS(=O)(=O)c2ccccc21. The summed E-state index contributed by atoms with van der Waals surface area (Å²) in [6.45, 7) is 6.88. The molecule has 0 saturated carbocycles. The van der Waals surface area contributed by atoms with Gasteiger partial charge in [-0.15, -0.1) is 0 Å². The molecular weight excluding hydrogens is 246 g/mol. The van der Waals surface area contributed by atoms with Crippen molar-refractivity contribution < 1.29 is 8.42 Å². The minimum Gasteiger partial charge on any atom is -0.330 e. The summed E-state index contributed by atoms with van der Waals surface area (Å²) in [6, 6.07) is 7.33. The third kappa shape index (κ3) is 2.19. The molecule has 1 heterocycles. The smallest absolute Gasteiger partial charge is 0.179 e. The van der Waals surface area contributed by atoms with E-state index in [0.717, 1.165) is 5.56 Å². The molecule has 0 aromatic heterocycles. The van der Waals surface area contributed by atoms with Gasteiger partial charge < -0.3 is 5.73 Å². The lowest BCUT2D eigenvalue weighted by atomic mass is 9.71. The molecular formula is C14H21NO2S. The molecule has 2 rings (SSSR count). The van der Waals surface area contributed by atoms with E-state index in [1.54, 1.807) is 12.1 Å². The van der Waals surface area contributed by atoms with Crippen molar-refractivity contribution >= 4 is 9.84 Å². The number of hydrogen-bond acceptors (Lipinski definition) is 3. The summed E-state index contributed by atoms with van der Waals surface area (Å²) < 4.78 is 24.3. The molecule has 3 nitrogen and oxygen atoms in total. The van der Waals surface area contributed by atoms with Crippen LogP contribution in [-0.4, -0.2) is 20.7 Å². The molecule has 4 heteroatoms. The quantitative estimate of drug-likeness (QED) is 0.893. The van der Waals surface area contributed by atoms with E-state index < -0.39 is 9.84 Å². The van der Waals surface area contributed by atoms with E-state index in [4.69, 9.17) is 5.73 Å². The molecule has 2 atom stereocenters. The van der Waals surface area contributed by atoms with Crippen molar-refractivity contribution in [1.29, 1.82) is 0 Å². The first-order valence-electron chi connectivity index (χ1n) is 6.29. The van der Waals surface area contributed by atoms with E-state index in [1.807, 2.05) is 12.1 Å². The molecule has 0 fully saturated rings. The van der Waals surface area contributed by atoms with Crippen molar-refractivity contribution in [2.75, 3.05) is 12.3 Å². The Balaban J connectivity index is 2.51. The number of nitrogens with two attached hydrogens (primary N) is 1. The van der Waals surface area contributed by atoms with Crippen molar-refractivity contribution in [3.8, 4) is 0 Å². The van der Waals surface area contributed by atoms with Gasteiger partial charge in [-0.2, -0.15) is 0 Å². The monoisotopic (exact) mass is 267 g/mol. The van der Waals surface area contributed by atoms with Gasteiger partial charge in [0.25, 0.3) is 0 Å². The highest BCUT2D eigenvalue weighted by atomic mass is 32.2. The molecule has 100 valence electrons. The molecule has 0 spiro atoms. The third-order valence-electron chi connectivity index (χ3n) is 3.90. The first-order chi connectivity index (χ1) is 8.27. The van der Waals surface area contributed by atoms with E-state index in [1.165, 1.54) is 0 Å². The van der Waals surface area contributed by atoms with Crippen LogP contribution in [0.2, 0.25) is 0 Å².